The molecule has 0 amide bonds. The summed E-state index contributed by atoms with van der Waals surface area (Å²) in [6.45, 7) is 3.95. The van der Waals surface area contributed by atoms with Crippen molar-refractivity contribution >= 4 is 12.3 Å². The van der Waals surface area contributed by atoms with Crippen LogP contribution in [-0.2, 0) is 14.3 Å². The van der Waals surface area contributed by atoms with Crippen molar-refractivity contribution in [3.05, 3.63) is 0 Å². The second-order valence-corrected chi connectivity index (χ2v) is 2.90. The highest BCUT2D eigenvalue weighted by molar-refractivity contribution is 5.69. The lowest BCUT2D eigenvalue weighted by atomic mass is 10.2. The van der Waals surface area contributed by atoms with E-state index in [-0.39, 0.29) is 18.5 Å². The van der Waals surface area contributed by atoms with Gasteiger partial charge >= 0.3 is 5.97 Å². The summed E-state index contributed by atoms with van der Waals surface area (Å²) in [6.07, 6.45) is 3.09. The SMILES string of the molecule is CCCCC(=O)OCC(C)C=O. The average Bonchev–Trinajstić information content (AvgIpc) is 2.10. The minimum Gasteiger partial charge on any atom is -0.465 e. The zero-order chi connectivity index (χ0) is 9.40. The predicted octanol–water partition coefficient (Wildman–Crippen LogP) is 1.55. The van der Waals surface area contributed by atoms with Gasteiger partial charge in [0, 0.05) is 12.3 Å². The highest BCUT2D eigenvalue weighted by Crippen LogP contribution is 1.98. The number of hydrogen-bond donors (Lipinski definition) is 0. The maximum absolute atomic E-state index is 10.9. The van der Waals surface area contributed by atoms with Gasteiger partial charge in [-0.05, 0) is 6.42 Å². The standard InChI is InChI=1S/C9H16O3/c1-3-4-5-9(11)12-7-8(2)6-10/h6,8H,3-5,7H2,1-2H3. The summed E-state index contributed by atoms with van der Waals surface area (Å²) in [6, 6.07) is 0. The Labute approximate surface area is 73.1 Å². The molecule has 0 aliphatic heterocycles. The predicted molar refractivity (Wildman–Crippen MR) is 45.7 cm³/mol. The van der Waals surface area contributed by atoms with E-state index >= 15 is 0 Å². The van der Waals surface area contributed by atoms with Crippen molar-refractivity contribution in [1.82, 2.24) is 0 Å². The summed E-state index contributed by atoms with van der Waals surface area (Å²) in [4.78, 5) is 21.0. The molecule has 3 nitrogen and oxygen atoms in total. The van der Waals surface area contributed by atoms with Crippen LogP contribution in [0.3, 0.4) is 0 Å². The molecule has 0 aliphatic rings. The van der Waals surface area contributed by atoms with Gasteiger partial charge in [0.1, 0.15) is 12.9 Å². The first-order valence-corrected chi connectivity index (χ1v) is 4.31. The van der Waals surface area contributed by atoms with Crippen molar-refractivity contribution in [2.45, 2.75) is 33.1 Å². The number of carbonyl (C=O) groups is 2. The van der Waals surface area contributed by atoms with Crippen molar-refractivity contribution in [2.24, 2.45) is 5.92 Å². The molecule has 0 aromatic heterocycles. The van der Waals surface area contributed by atoms with Crippen LogP contribution in [0.1, 0.15) is 33.1 Å². The molecule has 3 heteroatoms. The Bertz CT molecular complexity index is 143. The number of hydrogen-bond acceptors (Lipinski definition) is 3. The molecule has 12 heavy (non-hydrogen) atoms. The highest BCUT2D eigenvalue weighted by atomic mass is 16.5. The Morgan fingerprint density at radius 1 is 1.58 bits per heavy atom. The summed E-state index contributed by atoms with van der Waals surface area (Å²) in [7, 11) is 0. The maximum Gasteiger partial charge on any atom is 0.305 e. The van der Waals surface area contributed by atoms with Crippen LogP contribution in [0, 0.1) is 5.92 Å². The molecule has 0 aromatic carbocycles. The highest BCUT2D eigenvalue weighted by Gasteiger charge is 2.04. The van der Waals surface area contributed by atoms with E-state index < -0.39 is 0 Å². The lowest BCUT2D eigenvalue weighted by Crippen LogP contribution is -2.12. The van der Waals surface area contributed by atoms with Gasteiger partial charge in [0.05, 0.1) is 0 Å². The first-order chi connectivity index (χ1) is 5.70. The Morgan fingerprint density at radius 2 is 2.25 bits per heavy atom. The normalized spacial score (nSPS) is 12.2. The molecule has 0 heterocycles. The van der Waals surface area contributed by atoms with Gasteiger partial charge in [0.2, 0.25) is 0 Å². The molecule has 0 bridgehead atoms. The lowest BCUT2D eigenvalue weighted by molar-refractivity contribution is -0.145. The van der Waals surface area contributed by atoms with Crippen LogP contribution in [-0.4, -0.2) is 18.9 Å². The van der Waals surface area contributed by atoms with E-state index in [1.807, 2.05) is 6.92 Å². The molecular weight excluding hydrogens is 156 g/mol. The smallest absolute Gasteiger partial charge is 0.305 e. The van der Waals surface area contributed by atoms with E-state index in [0.29, 0.717) is 6.42 Å². The van der Waals surface area contributed by atoms with Gasteiger partial charge in [-0.3, -0.25) is 4.79 Å². The number of rotatable bonds is 6. The van der Waals surface area contributed by atoms with Gasteiger partial charge in [-0.1, -0.05) is 20.3 Å². The molecule has 0 aromatic rings. The molecule has 1 unspecified atom stereocenters. The molecule has 0 N–H and O–H groups in total. The van der Waals surface area contributed by atoms with Gasteiger partial charge in [-0.2, -0.15) is 0 Å². The average molecular weight is 172 g/mol. The third-order valence-electron chi connectivity index (χ3n) is 1.47. The zero-order valence-corrected chi connectivity index (χ0v) is 7.71. The van der Waals surface area contributed by atoms with E-state index in [1.54, 1.807) is 6.92 Å². The minimum absolute atomic E-state index is 0.185. The van der Waals surface area contributed by atoms with Crippen molar-refractivity contribution < 1.29 is 14.3 Å². The Kier molecular flexibility index (Phi) is 6.34. The van der Waals surface area contributed by atoms with Crippen LogP contribution in [0.5, 0.6) is 0 Å². The Balaban J connectivity index is 3.36. The minimum atomic E-state index is -0.203. The second-order valence-electron chi connectivity index (χ2n) is 2.90. The fraction of sp³-hybridized carbons (Fsp3) is 0.778. The molecule has 70 valence electrons. The van der Waals surface area contributed by atoms with Gasteiger partial charge in [-0.15, -0.1) is 0 Å². The summed E-state index contributed by atoms with van der Waals surface area (Å²) in [5.41, 5.74) is 0. The summed E-state index contributed by atoms with van der Waals surface area (Å²) in [5, 5.41) is 0. The van der Waals surface area contributed by atoms with Crippen LogP contribution < -0.4 is 0 Å². The molecule has 0 radical (unpaired) electrons. The first kappa shape index (κ1) is 11.1. The van der Waals surface area contributed by atoms with Gasteiger partial charge in [0.15, 0.2) is 0 Å². The molecule has 0 saturated heterocycles. The van der Waals surface area contributed by atoms with Gasteiger partial charge < -0.3 is 9.53 Å². The van der Waals surface area contributed by atoms with E-state index in [2.05, 4.69) is 0 Å². The van der Waals surface area contributed by atoms with Gasteiger partial charge in [-0.25, -0.2) is 0 Å². The molecule has 0 saturated carbocycles. The zero-order valence-electron chi connectivity index (χ0n) is 7.71. The monoisotopic (exact) mass is 172 g/mol. The fourth-order valence-electron chi connectivity index (χ4n) is 0.657. The largest absolute Gasteiger partial charge is 0.465 e. The molecule has 0 fully saturated rings. The first-order valence-electron chi connectivity index (χ1n) is 4.31. The Morgan fingerprint density at radius 3 is 2.75 bits per heavy atom. The molecular formula is C9H16O3. The van der Waals surface area contributed by atoms with Crippen LogP contribution in [0.2, 0.25) is 0 Å². The van der Waals surface area contributed by atoms with Crippen LogP contribution >= 0.6 is 0 Å². The maximum atomic E-state index is 10.9. The third kappa shape index (κ3) is 5.89. The summed E-state index contributed by atoms with van der Waals surface area (Å²) >= 11 is 0. The van der Waals surface area contributed by atoms with Crippen molar-refractivity contribution in [1.29, 1.82) is 0 Å². The number of unbranched alkanes of at least 4 members (excludes halogenated alkanes) is 1. The molecule has 1 atom stereocenters. The number of ether oxygens (including phenoxy) is 1. The number of carbonyl (C=O) groups excluding carboxylic acids is 2. The Hall–Kier alpha value is -0.860. The number of aldehydes is 1. The quantitative estimate of drug-likeness (QED) is 0.451. The second kappa shape index (κ2) is 6.83. The molecule has 0 spiro atoms. The van der Waals surface area contributed by atoms with Crippen LogP contribution in [0.15, 0.2) is 0 Å². The van der Waals surface area contributed by atoms with E-state index in [9.17, 15) is 9.59 Å². The van der Waals surface area contributed by atoms with Crippen LogP contribution in [0.4, 0.5) is 0 Å². The lowest BCUT2D eigenvalue weighted by Gasteiger charge is -2.05. The van der Waals surface area contributed by atoms with E-state index in [1.165, 1.54) is 0 Å². The molecule has 0 aliphatic carbocycles. The van der Waals surface area contributed by atoms with E-state index in [4.69, 9.17) is 4.74 Å². The van der Waals surface area contributed by atoms with Gasteiger partial charge in [0.25, 0.3) is 0 Å². The third-order valence-corrected chi connectivity index (χ3v) is 1.47. The van der Waals surface area contributed by atoms with Crippen molar-refractivity contribution in [3.8, 4) is 0 Å². The van der Waals surface area contributed by atoms with Crippen molar-refractivity contribution in [2.75, 3.05) is 6.61 Å². The topological polar surface area (TPSA) is 43.4 Å². The van der Waals surface area contributed by atoms with Crippen LogP contribution in [0.25, 0.3) is 0 Å². The van der Waals surface area contributed by atoms with E-state index in [0.717, 1.165) is 19.1 Å². The summed E-state index contributed by atoms with van der Waals surface area (Å²) in [5.74, 6) is -0.388. The van der Waals surface area contributed by atoms with Crippen molar-refractivity contribution in [3.63, 3.8) is 0 Å². The fourth-order valence-corrected chi connectivity index (χ4v) is 0.657. The molecule has 0 rings (SSSR count). The number of esters is 1. The summed E-state index contributed by atoms with van der Waals surface area (Å²) < 4.78 is 4.83.